The fourth-order valence-corrected chi connectivity index (χ4v) is 1.77. The number of hydrogen-bond donors (Lipinski definition) is 1. The molecular weight excluding hydrogens is 229 g/mol. The Labute approximate surface area is 106 Å². The SMILES string of the molecule is CNCc1cc(C)nc(-c2ccc(C)c(F)c2)n1. The molecule has 0 bridgehead atoms. The van der Waals surface area contributed by atoms with Crippen LogP contribution in [0.3, 0.4) is 0 Å². The van der Waals surface area contributed by atoms with Gasteiger partial charge < -0.3 is 5.32 Å². The number of nitrogens with zero attached hydrogens (tertiary/aromatic N) is 2. The van der Waals surface area contributed by atoms with Crippen LogP contribution in [0.4, 0.5) is 4.39 Å². The topological polar surface area (TPSA) is 37.8 Å². The average Bonchev–Trinajstić information content (AvgIpc) is 2.32. The first kappa shape index (κ1) is 12.6. The summed E-state index contributed by atoms with van der Waals surface area (Å²) >= 11 is 0. The summed E-state index contributed by atoms with van der Waals surface area (Å²) in [4.78, 5) is 8.78. The average molecular weight is 245 g/mol. The molecule has 0 amide bonds. The highest BCUT2D eigenvalue weighted by Crippen LogP contribution is 2.19. The number of nitrogens with one attached hydrogen (secondary N) is 1. The summed E-state index contributed by atoms with van der Waals surface area (Å²) in [6, 6.07) is 6.99. The van der Waals surface area contributed by atoms with Crippen molar-refractivity contribution >= 4 is 0 Å². The third-order valence-corrected chi connectivity index (χ3v) is 2.70. The van der Waals surface area contributed by atoms with Crippen molar-refractivity contribution in [3.8, 4) is 11.4 Å². The zero-order valence-corrected chi connectivity index (χ0v) is 10.8. The maximum absolute atomic E-state index is 13.5. The predicted octanol–water partition coefficient (Wildman–Crippen LogP) is 2.62. The minimum Gasteiger partial charge on any atom is -0.314 e. The van der Waals surface area contributed by atoms with Gasteiger partial charge in [0.05, 0.1) is 5.69 Å². The van der Waals surface area contributed by atoms with Gasteiger partial charge >= 0.3 is 0 Å². The Morgan fingerprint density at radius 2 is 1.94 bits per heavy atom. The molecule has 2 rings (SSSR count). The lowest BCUT2D eigenvalue weighted by molar-refractivity contribution is 0.619. The predicted molar refractivity (Wildman–Crippen MR) is 69.7 cm³/mol. The first-order valence-electron chi connectivity index (χ1n) is 5.86. The lowest BCUT2D eigenvalue weighted by Crippen LogP contribution is -2.08. The number of hydrogen-bond acceptors (Lipinski definition) is 3. The van der Waals surface area contributed by atoms with Crippen molar-refractivity contribution in [2.45, 2.75) is 20.4 Å². The molecule has 4 heteroatoms. The van der Waals surface area contributed by atoms with Gasteiger partial charge in [-0.05, 0) is 38.6 Å². The van der Waals surface area contributed by atoms with Crippen LogP contribution in [0.5, 0.6) is 0 Å². The van der Waals surface area contributed by atoms with Crippen LogP contribution in [0.2, 0.25) is 0 Å². The largest absolute Gasteiger partial charge is 0.314 e. The van der Waals surface area contributed by atoms with E-state index >= 15 is 0 Å². The van der Waals surface area contributed by atoms with E-state index in [0.717, 1.165) is 11.4 Å². The van der Waals surface area contributed by atoms with Gasteiger partial charge in [-0.15, -0.1) is 0 Å². The van der Waals surface area contributed by atoms with E-state index in [9.17, 15) is 4.39 Å². The van der Waals surface area contributed by atoms with Gasteiger partial charge in [-0.25, -0.2) is 14.4 Å². The second-order valence-corrected chi connectivity index (χ2v) is 4.32. The van der Waals surface area contributed by atoms with Gasteiger partial charge in [0.15, 0.2) is 5.82 Å². The van der Waals surface area contributed by atoms with Gasteiger partial charge in [0, 0.05) is 17.8 Å². The molecule has 18 heavy (non-hydrogen) atoms. The van der Waals surface area contributed by atoms with Gasteiger partial charge in [0.2, 0.25) is 0 Å². The van der Waals surface area contributed by atoms with E-state index in [-0.39, 0.29) is 5.82 Å². The smallest absolute Gasteiger partial charge is 0.159 e. The second kappa shape index (κ2) is 5.23. The van der Waals surface area contributed by atoms with Gasteiger partial charge in [0.25, 0.3) is 0 Å². The van der Waals surface area contributed by atoms with Gasteiger partial charge in [0.1, 0.15) is 5.82 Å². The summed E-state index contributed by atoms with van der Waals surface area (Å²) < 4.78 is 13.5. The molecule has 0 aliphatic rings. The number of halogens is 1. The molecule has 0 radical (unpaired) electrons. The molecule has 0 spiro atoms. The zero-order chi connectivity index (χ0) is 13.1. The molecular formula is C14H16FN3. The lowest BCUT2D eigenvalue weighted by Gasteiger charge is -2.06. The first-order valence-corrected chi connectivity index (χ1v) is 5.86. The third-order valence-electron chi connectivity index (χ3n) is 2.70. The summed E-state index contributed by atoms with van der Waals surface area (Å²) in [6.45, 7) is 4.32. The van der Waals surface area contributed by atoms with Crippen molar-refractivity contribution in [3.05, 3.63) is 47.0 Å². The van der Waals surface area contributed by atoms with E-state index in [4.69, 9.17) is 0 Å². The lowest BCUT2D eigenvalue weighted by atomic mass is 10.1. The Balaban J connectivity index is 2.46. The molecule has 1 aromatic heterocycles. The summed E-state index contributed by atoms with van der Waals surface area (Å²) in [5, 5.41) is 3.05. The van der Waals surface area contributed by atoms with Gasteiger partial charge in [-0.2, -0.15) is 0 Å². The summed E-state index contributed by atoms with van der Waals surface area (Å²) in [7, 11) is 1.86. The molecule has 2 aromatic rings. The molecule has 0 aliphatic heterocycles. The highest BCUT2D eigenvalue weighted by molar-refractivity contribution is 5.56. The minimum atomic E-state index is -0.229. The highest BCUT2D eigenvalue weighted by Gasteiger charge is 2.07. The zero-order valence-electron chi connectivity index (χ0n) is 10.8. The van der Waals surface area contributed by atoms with Crippen molar-refractivity contribution in [3.63, 3.8) is 0 Å². The van der Waals surface area contributed by atoms with Crippen LogP contribution in [-0.4, -0.2) is 17.0 Å². The van der Waals surface area contributed by atoms with E-state index in [2.05, 4.69) is 15.3 Å². The Morgan fingerprint density at radius 3 is 2.61 bits per heavy atom. The number of rotatable bonds is 3. The molecule has 0 saturated carbocycles. The number of benzene rings is 1. The van der Waals surface area contributed by atoms with Gasteiger partial charge in [-0.3, -0.25) is 0 Å². The van der Waals surface area contributed by atoms with Crippen LogP contribution in [0.15, 0.2) is 24.3 Å². The van der Waals surface area contributed by atoms with Crippen molar-refractivity contribution in [2.75, 3.05) is 7.05 Å². The summed E-state index contributed by atoms with van der Waals surface area (Å²) in [6.07, 6.45) is 0. The molecule has 0 aliphatic carbocycles. The van der Waals surface area contributed by atoms with Crippen LogP contribution in [0.25, 0.3) is 11.4 Å². The molecule has 1 heterocycles. The van der Waals surface area contributed by atoms with E-state index in [1.165, 1.54) is 6.07 Å². The second-order valence-electron chi connectivity index (χ2n) is 4.32. The van der Waals surface area contributed by atoms with Crippen molar-refractivity contribution in [2.24, 2.45) is 0 Å². The quantitative estimate of drug-likeness (QED) is 0.903. The Hall–Kier alpha value is -1.81. The van der Waals surface area contributed by atoms with Crippen LogP contribution < -0.4 is 5.32 Å². The molecule has 1 aromatic carbocycles. The van der Waals surface area contributed by atoms with Gasteiger partial charge in [-0.1, -0.05) is 12.1 Å². The van der Waals surface area contributed by atoms with Crippen LogP contribution >= 0.6 is 0 Å². The fraction of sp³-hybridized carbons (Fsp3) is 0.286. The summed E-state index contributed by atoms with van der Waals surface area (Å²) in [5.74, 6) is 0.340. The first-order chi connectivity index (χ1) is 8.60. The minimum absolute atomic E-state index is 0.229. The molecule has 0 atom stereocenters. The maximum Gasteiger partial charge on any atom is 0.159 e. The normalized spacial score (nSPS) is 10.7. The number of aromatic nitrogens is 2. The summed E-state index contributed by atoms with van der Waals surface area (Å²) in [5.41, 5.74) is 3.12. The Bertz CT molecular complexity index is 567. The molecule has 0 fully saturated rings. The van der Waals surface area contributed by atoms with Crippen LogP contribution in [0.1, 0.15) is 17.0 Å². The van der Waals surface area contributed by atoms with E-state index in [1.807, 2.05) is 26.1 Å². The van der Waals surface area contributed by atoms with E-state index < -0.39 is 0 Å². The third kappa shape index (κ3) is 2.71. The fourth-order valence-electron chi connectivity index (χ4n) is 1.77. The molecule has 0 saturated heterocycles. The molecule has 94 valence electrons. The maximum atomic E-state index is 13.5. The van der Waals surface area contributed by atoms with Crippen molar-refractivity contribution < 1.29 is 4.39 Å². The molecule has 0 unspecified atom stereocenters. The molecule has 1 N–H and O–H groups in total. The van der Waals surface area contributed by atoms with Crippen LogP contribution in [-0.2, 0) is 6.54 Å². The Morgan fingerprint density at radius 1 is 1.17 bits per heavy atom. The van der Waals surface area contributed by atoms with E-state index in [1.54, 1.807) is 13.0 Å². The highest BCUT2D eigenvalue weighted by atomic mass is 19.1. The monoisotopic (exact) mass is 245 g/mol. The van der Waals surface area contributed by atoms with Crippen molar-refractivity contribution in [1.29, 1.82) is 0 Å². The Kier molecular flexibility index (Phi) is 3.67. The standard InChI is InChI=1S/C14H16FN3/c1-9-4-5-11(7-13(9)15)14-17-10(2)6-12(18-14)8-16-3/h4-7,16H,8H2,1-3H3. The van der Waals surface area contributed by atoms with Crippen LogP contribution in [0, 0.1) is 19.7 Å². The molecule has 3 nitrogen and oxygen atoms in total. The van der Waals surface area contributed by atoms with E-state index in [0.29, 0.717) is 23.5 Å². The number of aryl methyl sites for hydroxylation is 2. The van der Waals surface area contributed by atoms with Crippen molar-refractivity contribution in [1.82, 2.24) is 15.3 Å².